The van der Waals surface area contributed by atoms with Crippen LogP contribution in [0.3, 0.4) is 0 Å². The van der Waals surface area contributed by atoms with Gasteiger partial charge in [0.05, 0.1) is 23.1 Å². The molecule has 1 amide bonds. The molecule has 1 aromatic carbocycles. The fourth-order valence-electron chi connectivity index (χ4n) is 3.36. The van der Waals surface area contributed by atoms with E-state index in [0.717, 1.165) is 22.6 Å². The highest BCUT2D eigenvalue weighted by atomic mass is 32.1. The molecule has 0 bridgehead atoms. The molecule has 3 rings (SSSR count). The molecule has 8 heteroatoms. The number of fused-ring (bicyclic) bond motifs is 3. The smallest absolute Gasteiger partial charge is 0.289 e. The summed E-state index contributed by atoms with van der Waals surface area (Å²) in [5, 5.41) is 2.88. The van der Waals surface area contributed by atoms with Gasteiger partial charge in [0.1, 0.15) is 0 Å². The number of ketones is 1. The van der Waals surface area contributed by atoms with E-state index in [-0.39, 0.29) is 23.4 Å². The van der Waals surface area contributed by atoms with Crippen molar-refractivity contribution >= 4 is 39.2 Å². The molecular formula is C20H27N5O2S. The number of nitrogens with one attached hydrogen (secondary N) is 1. The third-order valence-corrected chi connectivity index (χ3v) is 5.31. The Balaban J connectivity index is 1.87. The Morgan fingerprint density at radius 2 is 1.82 bits per heavy atom. The van der Waals surface area contributed by atoms with E-state index >= 15 is 0 Å². The van der Waals surface area contributed by atoms with Crippen LogP contribution in [0.5, 0.6) is 0 Å². The topological polar surface area (TPSA) is 102 Å². The van der Waals surface area contributed by atoms with E-state index in [0.29, 0.717) is 23.7 Å². The van der Waals surface area contributed by atoms with Crippen LogP contribution in [-0.2, 0) is 4.79 Å². The van der Waals surface area contributed by atoms with Crippen molar-refractivity contribution in [3.63, 3.8) is 0 Å². The van der Waals surface area contributed by atoms with Crippen molar-refractivity contribution in [2.24, 2.45) is 17.6 Å². The Hall–Kier alpha value is -2.32. The molecule has 150 valence electrons. The van der Waals surface area contributed by atoms with Gasteiger partial charge in [0.15, 0.2) is 5.78 Å². The van der Waals surface area contributed by atoms with Gasteiger partial charge in [-0.05, 0) is 36.8 Å². The number of carbonyl (C=O) groups excluding carboxylic acids is 2. The van der Waals surface area contributed by atoms with Crippen LogP contribution in [0.15, 0.2) is 24.3 Å². The molecule has 3 N–H and O–H groups in total. The van der Waals surface area contributed by atoms with Gasteiger partial charge in [-0.15, -0.1) is 0 Å². The van der Waals surface area contributed by atoms with E-state index in [9.17, 15) is 9.59 Å². The normalized spacial score (nSPS) is 14.1. The zero-order valence-corrected chi connectivity index (χ0v) is 17.5. The highest BCUT2D eigenvalue weighted by Crippen LogP contribution is 2.21. The lowest BCUT2D eigenvalue weighted by Gasteiger charge is -2.23. The number of rotatable bonds is 8. The molecule has 1 unspecified atom stereocenters. The molecule has 2 heterocycles. The first-order chi connectivity index (χ1) is 13.3. The van der Waals surface area contributed by atoms with Gasteiger partial charge < -0.3 is 11.1 Å². The molecule has 0 aliphatic heterocycles. The molecule has 3 aromatic rings. The summed E-state index contributed by atoms with van der Waals surface area (Å²) in [5.41, 5.74) is 7.73. The number of hydrogen-bond acceptors (Lipinski definition) is 6. The van der Waals surface area contributed by atoms with Crippen LogP contribution in [0.4, 0.5) is 0 Å². The summed E-state index contributed by atoms with van der Waals surface area (Å²) in [7, 11) is 0. The number of para-hydroxylation sites is 2. The van der Waals surface area contributed by atoms with E-state index in [1.807, 2.05) is 52.0 Å². The number of carbonyl (C=O) groups is 2. The molecule has 0 fully saturated rings. The molecular weight excluding hydrogens is 374 g/mol. The zero-order valence-electron chi connectivity index (χ0n) is 16.7. The minimum atomic E-state index is -0.632. The maximum Gasteiger partial charge on any atom is 0.289 e. The molecule has 7 nitrogen and oxygen atoms in total. The summed E-state index contributed by atoms with van der Waals surface area (Å²) >= 11 is 1.16. The second kappa shape index (κ2) is 8.36. The van der Waals surface area contributed by atoms with Crippen molar-refractivity contribution < 1.29 is 9.59 Å². The van der Waals surface area contributed by atoms with Crippen molar-refractivity contribution in [1.29, 1.82) is 0 Å². The van der Waals surface area contributed by atoms with Crippen LogP contribution in [-0.4, -0.2) is 37.5 Å². The lowest BCUT2D eigenvalue weighted by molar-refractivity contribution is -0.122. The summed E-state index contributed by atoms with van der Waals surface area (Å²) in [4.78, 5) is 31.0. The van der Waals surface area contributed by atoms with E-state index in [1.54, 1.807) is 4.40 Å². The highest BCUT2D eigenvalue weighted by Gasteiger charge is 2.29. The predicted molar refractivity (Wildman–Crippen MR) is 112 cm³/mol. The monoisotopic (exact) mass is 401 g/mol. The first-order valence-corrected chi connectivity index (χ1v) is 10.4. The van der Waals surface area contributed by atoms with Gasteiger partial charge in [0.2, 0.25) is 10.8 Å². The van der Waals surface area contributed by atoms with E-state index in [1.165, 1.54) is 0 Å². The van der Waals surface area contributed by atoms with Crippen molar-refractivity contribution in [3.05, 3.63) is 30.1 Å². The maximum atomic E-state index is 13.0. The molecule has 0 aliphatic carbocycles. The van der Waals surface area contributed by atoms with Gasteiger partial charge in [-0.25, -0.2) is 4.98 Å². The van der Waals surface area contributed by atoms with Gasteiger partial charge in [0.25, 0.3) is 5.91 Å². The fraction of sp³-hybridized carbons (Fsp3) is 0.500. The van der Waals surface area contributed by atoms with E-state index < -0.39 is 12.1 Å². The number of hydrogen-bond donors (Lipinski definition) is 2. The third-order valence-electron chi connectivity index (χ3n) is 4.61. The molecule has 28 heavy (non-hydrogen) atoms. The van der Waals surface area contributed by atoms with Gasteiger partial charge in [-0.2, -0.15) is 4.37 Å². The number of imidazole rings is 1. The lowest BCUT2D eigenvalue weighted by Crippen LogP contribution is -2.49. The Labute approximate surface area is 168 Å². The Kier molecular flexibility index (Phi) is 6.10. The fourth-order valence-corrected chi connectivity index (χ4v) is 4.10. The molecule has 0 radical (unpaired) electrons. The van der Waals surface area contributed by atoms with Crippen molar-refractivity contribution in [2.45, 2.75) is 52.6 Å². The van der Waals surface area contributed by atoms with Crippen LogP contribution >= 0.6 is 11.5 Å². The minimum absolute atomic E-state index is 0.127. The van der Waals surface area contributed by atoms with Gasteiger partial charge >= 0.3 is 0 Å². The largest absolute Gasteiger partial charge is 0.339 e. The summed E-state index contributed by atoms with van der Waals surface area (Å²) in [6, 6.07) is 6.37. The molecule has 2 atom stereocenters. The van der Waals surface area contributed by atoms with Crippen LogP contribution in [0.1, 0.15) is 51.2 Å². The molecule has 0 spiro atoms. The molecule has 2 aromatic heterocycles. The average molecular weight is 402 g/mol. The summed E-state index contributed by atoms with van der Waals surface area (Å²) < 4.78 is 6.01. The minimum Gasteiger partial charge on any atom is -0.339 e. The SMILES string of the molecule is CC(C)CC(NC(=O)c1nsc2nc3ccccc3n12)C(=O)[C@@H](N)CC(C)C. The first kappa shape index (κ1) is 20.4. The van der Waals surface area contributed by atoms with Gasteiger partial charge in [-0.1, -0.05) is 39.8 Å². The Morgan fingerprint density at radius 3 is 2.50 bits per heavy atom. The number of benzene rings is 1. The summed E-state index contributed by atoms with van der Waals surface area (Å²) in [6.45, 7) is 8.09. The van der Waals surface area contributed by atoms with Crippen LogP contribution < -0.4 is 11.1 Å². The van der Waals surface area contributed by atoms with Gasteiger partial charge in [-0.3, -0.25) is 14.0 Å². The second-order valence-electron chi connectivity index (χ2n) is 8.02. The van der Waals surface area contributed by atoms with Crippen molar-refractivity contribution in [2.75, 3.05) is 0 Å². The lowest BCUT2D eigenvalue weighted by atomic mass is 9.92. The van der Waals surface area contributed by atoms with Crippen LogP contribution in [0.2, 0.25) is 0 Å². The summed E-state index contributed by atoms with van der Waals surface area (Å²) in [6.07, 6.45) is 1.13. The second-order valence-corrected chi connectivity index (χ2v) is 8.75. The van der Waals surface area contributed by atoms with Gasteiger partial charge in [0, 0.05) is 11.5 Å². The number of amides is 1. The quantitative estimate of drug-likeness (QED) is 0.604. The Morgan fingerprint density at radius 1 is 1.14 bits per heavy atom. The molecule has 0 saturated carbocycles. The summed E-state index contributed by atoms with van der Waals surface area (Å²) in [5.74, 6) is 0.283. The number of aromatic nitrogens is 3. The van der Waals surface area contributed by atoms with E-state index in [2.05, 4.69) is 14.7 Å². The van der Waals surface area contributed by atoms with Crippen molar-refractivity contribution in [1.82, 2.24) is 19.1 Å². The average Bonchev–Trinajstić information content (AvgIpc) is 3.18. The number of nitrogens with zero attached hydrogens (tertiary/aromatic N) is 3. The predicted octanol–water partition coefficient (Wildman–Crippen LogP) is 3.03. The van der Waals surface area contributed by atoms with Crippen LogP contribution in [0, 0.1) is 11.8 Å². The van der Waals surface area contributed by atoms with E-state index in [4.69, 9.17) is 5.73 Å². The number of Topliss-reactive ketones (excluding diaryl/α,β-unsaturated/α-hetero) is 1. The zero-order chi connectivity index (χ0) is 20.4. The molecule has 0 saturated heterocycles. The third kappa shape index (κ3) is 4.23. The van der Waals surface area contributed by atoms with Crippen molar-refractivity contribution in [3.8, 4) is 0 Å². The molecule has 0 aliphatic rings. The van der Waals surface area contributed by atoms with Crippen LogP contribution in [0.25, 0.3) is 16.0 Å². The Bertz CT molecular complexity index is 991. The number of nitrogens with two attached hydrogens (primary N) is 1. The standard InChI is InChI=1S/C20H27N5O2S/c1-11(2)9-13(21)17(26)15(10-12(3)4)22-19(27)18-24-28-20-23-14-7-5-6-8-16(14)25(18)20/h5-8,11-13,15H,9-10,21H2,1-4H3,(H,22,27)/t13-,15?/m0/s1. The maximum absolute atomic E-state index is 13.0. The first-order valence-electron chi connectivity index (χ1n) is 9.61. The highest BCUT2D eigenvalue weighted by molar-refractivity contribution is 7.11.